The number of hydrogen-bond donors (Lipinski definition) is 0. The lowest BCUT2D eigenvalue weighted by atomic mass is 10.0. The van der Waals surface area contributed by atoms with Crippen LogP contribution in [0.3, 0.4) is 0 Å². The molecule has 0 heterocycles. The number of alkyl halides is 1. The second kappa shape index (κ2) is 7.05. The average molecular weight is 340 g/mol. The van der Waals surface area contributed by atoms with Crippen molar-refractivity contribution in [2.75, 3.05) is 6.61 Å². The molecule has 122 valence electrons. The van der Waals surface area contributed by atoms with E-state index in [0.29, 0.717) is 15.8 Å². The minimum Gasteiger partial charge on any atom is -0.463 e. The van der Waals surface area contributed by atoms with Gasteiger partial charge in [-0.1, -0.05) is 72.4 Å². The van der Waals surface area contributed by atoms with Crippen LogP contribution in [0, 0.1) is 0 Å². The molecule has 0 aliphatic carbocycles. The van der Waals surface area contributed by atoms with Gasteiger partial charge in [-0.3, -0.25) is 0 Å². The summed E-state index contributed by atoms with van der Waals surface area (Å²) in [6, 6.07) is 21.8. The van der Waals surface area contributed by atoms with Crippen molar-refractivity contribution in [2.45, 2.75) is 16.8 Å². The highest BCUT2D eigenvalue weighted by atomic mass is 32.2. The third-order valence-electron chi connectivity index (χ3n) is 3.68. The summed E-state index contributed by atoms with van der Waals surface area (Å²) in [6.07, 6.45) is 0. The number of esters is 1. The molecule has 0 aromatic heterocycles. The molecule has 0 radical (unpaired) electrons. The summed E-state index contributed by atoms with van der Waals surface area (Å²) < 4.78 is 21.1. The molecule has 1 atom stereocenters. The molecular formula is C20H17FO2S. The summed E-state index contributed by atoms with van der Waals surface area (Å²) in [5.41, 5.74) is 0.313. The third kappa shape index (κ3) is 3.15. The van der Waals surface area contributed by atoms with Gasteiger partial charge in [-0.05, 0) is 29.8 Å². The van der Waals surface area contributed by atoms with Crippen LogP contribution in [-0.2, 0) is 14.5 Å². The molecule has 3 aromatic carbocycles. The van der Waals surface area contributed by atoms with E-state index in [4.69, 9.17) is 4.74 Å². The first kappa shape index (κ1) is 16.5. The molecule has 0 fully saturated rings. The summed E-state index contributed by atoms with van der Waals surface area (Å²) in [4.78, 5) is 13.2. The number of carbonyl (C=O) groups excluding carboxylic acids is 1. The molecule has 0 aliphatic rings. The van der Waals surface area contributed by atoms with Crippen molar-refractivity contribution in [3.05, 3.63) is 78.4 Å². The number of rotatable bonds is 5. The zero-order valence-corrected chi connectivity index (χ0v) is 14.1. The molecule has 0 amide bonds. The highest BCUT2D eigenvalue weighted by Crippen LogP contribution is 2.46. The number of fused-ring (bicyclic) bond motifs is 1. The molecular weight excluding hydrogens is 323 g/mol. The van der Waals surface area contributed by atoms with E-state index < -0.39 is 11.0 Å². The Morgan fingerprint density at radius 1 is 1.00 bits per heavy atom. The van der Waals surface area contributed by atoms with Gasteiger partial charge in [-0.2, -0.15) is 0 Å². The third-order valence-corrected chi connectivity index (χ3v) is 4.85. The van der Waals surface area contributed by atoms with Crippen molar-refractivity contribution < 1.29 is 13.9 Å². The van der Waals surface area contributed by atoms with E-state index in [1.807, 2.05) is 48.5 Å². The molecule has 1 unspecified atom stereocenters. The van der Waals surface area contributed by atoms with Crippen LogP contribution in [0.2, 0.25) is 0 Å². The molecule has 0 aliphatic heterocycles. The first-order valence-corrected chi connectivity index (χ1v) is 8.55. The Hall–Kier alpha value is -2.33. The van der Waals surface area contributed by atoms with Gasteiger partial charge in [0.1, 0.15) is 0 Å². The van der Waals surface area contributed by atoms with Crippen LogP contribution in [0.25, 0.3) is 10.8 Å². The van der Waals surface area contributed by atoms with Crippen molar-refractivity contribution in [1.82, 2.24) is 0 Å². The maximum atomic E-state index is 16.0. The Bertz CT molecular complexity index is 845. The van der Waals surface area contributed by atoms with E-state index in [1.165, 1.54) is 0 Å². The largest absolute Gasteiger partial charge is 0.463 e. The second-order valence-corrected chi connectivity index (χ2v) is 6.50. The summed E-state index contributed by atoms with van der Waals surface area (Å²) >= 11 is 0.866. The van der Waals surface area contributed by atoms with E-state index >= 15 is 4.39 Å². The smallest absolute Gasteiger partial charge is 0.359 e. The van der Waals surface area contributed by atoms with Crippen LogP contribution < -0.4 is 0 Å². The first-order valence-electron chi connectivity index (χ1n) is 7.73. The minimum atomic E-state index is -2.31. The molecule has 0 bridgehead atoms. The molecule has 0 N–H and O–H groups in total. The highest BCUT2D eigenvalue weighted by molar-refractivity contribution is 8.00. The lowest BCUT2D eigenvalue weighted by molar-refractivity contribution is -0.151. The maximum Gasteiger partial charge on any atom is 0.359 e. The highest BCUT2D eigenvalue weighted by Gasteiger charge is 2.44. The van der Waals surface area contributed by atoms with Crippen LogP contribution in [0.4, 0.5) is 4.39 Å². The maximum absolute atomic E-state index is 16.0. The second-order valence-electron chi connectivity index (χ2n) is 5.26. The van der Waals surface area contributed by atoms with Crippen molar-refractivity contribution >= 4 is 28.5 Å². The SMILES string of the molecule is CCOC(=O)C(F)(Sc1ccccc1)c1cccc2ccccc12. The van der Waals surface area contributed by atoms with Crippen molar-refractivity contribution in [2.24, 2.45) is 0 Å². The average Bonchev–Trinajstić information content (AvgIpc) is 2.62. The molecule has 0 spiro atoms. The van der Waals surface area contributed by atoms with Crippen LogP contribution in [0.1, 0.15) is 12.5 Å². The van der Waals surface area contributed by atoms with Gasteiger partial charge in [0.05, 0.1) is 6.61 Å². The Labute approximate surface area is 144 Å². The fourth-order valence-electron chi connectivity index (χ4n) is 2.59. The molecule has 0 saturated heterocycles. The van der Waals surface area contributed by atoms with Gasteiger partial charge in [0, 0.05) is 10.5 Å². The molecule has 0 saturated carbocycles. The van der Waals surface area contributed by atoms with E-state index in [0.717, 1.165) is 17.1 Å². The van der Waals surface area contributed by atoms with Crippen LogP contribution in [0.5, 0.6) is 0 Å². The van der Waals surface area contributed by atoms with Gasteiger partial charge in [-0.25, -0.2) is 9.18 Å². The number of ether oxygens (including phenoxy) is 1. The van der Waals surface area contributed by atoms with Crippen LogP contribution in [-0.4, -0.2) is 12.6 Å². The summed E-state index contributed by atoms with van der Waals surface area (Å²) in [5, 5.41) is -0.716. The van der Waals surface area contributed by atoms with Gasteiger partial charge in [0.25, 0.3) is 5.00 Å². The topological polar surface area (TPSA) is 26.3 Å². The zero-order valence-electron chi connectivity index (χ0n) is 13.2. The van der Waals surface area contributed by atoms with Gasteiger partial charge in [-0.15, -0.1) is 0 Å². The van der Waals surface area contributed by atoms with Gasteiger partial charge in [0.2, 0.25) is 0 Å². The number of benzene rings is 3. The summed E-state index contributed by atoms with van der Waals surface area (Å²) in [7, 11) is 0. The number of carbonyl (C=O) groups is 1. The molecule has 2 nitrogen and oxygen atoms in total. The van der Waals surface area contributed by atoms with Gasteiger partial charge in [0.15, 0.2) is 0 Å². The molecule has 24 heavy (non-hydrogen) atoms. The number of hydrogen-bond acceptors (Lipinski definition) is 3. The molecule has 3 aromatic rings. The van der Waals surface area contributed by atoms with Crippen molar-refractivity contribution in [1.29, 1.82) is 0 Å². The predicted molar refractivity (Wildman–Crippen MR) is 95.7 cm³/mol. The number of halogens is 1. The van der Waals surface area contributed by atoms with E-state index in [-0.39, 0.29) is 6.61 Å². The Morgan fingerprint density at radius 3 is 2.42 bits per heavy atom. The predicted octanol–water partition coefficient (Wildman–Crippen LogP) is 5.32. The van der Waals surface area contributed by atoms with Crippen LogP contribution in [0.15, 0.2) is 77.7 Å². The molecule has 4 heteroatoms. The Balaban J connectivity index is 2.15. The van der Waals surface area contributed by atoms with Crippen LogP contribution >= 0.6 is 11.8 Å². The van der Waals surface area contributed by atoms with Crippen molar-refractivity contribution in [3.63, 3.8) is 0 Å². The fraction of sp³-hybridized carbons (Fsp3) is 0.150. The summed E-state index contributed by atoms with van der Waals surface area (Å²) in [5.74, 6) is -0.879. The quantitative estimate of drug-likeness (QED) is 0.464. The van der Waals surface area contributed by atoms with Gasteiger partial charge >= 0.3 is 5.97 Å². The lowest BCUT2D eigenvalue weighted by Gasteiger charge is -2.24. The first-order chi connectivity index (χ1) is 11.6. The lowest BCUT2D eigenvalue weighted by Crippen LogP contribution is -2.30. The standard InChI is InChI=1S/C20H17FO2S/c1-2-23-19(22)20(21,24-16-11-4-3-5-12-16)18-14-8-10-15-9-6-7-13-17(15)18/h3-14H,2H2,1H3. The van der Waals surface area contributed by atoms with E-state index in [1.54, 1.807) is 31.2 Å². The monoisotopic (exact) mass is 340 g/mol. The minimum absolute atomic E-state index is 0.130. The zero-order chi connectivity index (χ0) is 17.0. The van der Waals surface area contributed by atoms with Gasteiger partial charge < -0.3 is 4.74 Å². The summed E-state index contributed by atoms with van der Waals surface area (Å²) in [6.45, 7) is 1.80. The van der Waals surface area contributed by atoms with Crippen molar-refractivity contribution in [3.8, 4) is 0 Å². The Morgan fingerprint density at radius 2 is 1.67 bits per heavy atom. The Kier molecular flexibility index (Phi) is 4.86. The fourth-order valence-corrected chi connectivity index (χ4v) is 3.64. The number of thioether (sulfide) groups is 1. The van der Waals surface area contributed by atoms with E-state index in [2.05, 4.69) is 0 Å². The van der Waals surface area contributed by atoms with E-state index in [9.17, 15) is 4.79 Å². The normalized spacial score (nSPS) is 13.4. The molecule has 3 rings (SSSR count).